The van der Waals surface area contributed by atoms with E-state index >= 15 is 0 Å². The highest BCUT2D eigenvalue weighted by atomic mass is 35.5. The first-order valence-electron chi connectivity index (χ1n) is 5.77. The van der Waals surface area contributed by atoms with E-state index in [9.17, 15) is 4.79 Å². The van der Waals surface area contributed by atoms with Crippen LogP contribution in [0.15, 0.2) is 30.3 Å². The molecule has 0 atom stereocenters. The molecular formula is C13H10Cl3N3O. The molecular weight excluding hydrogens is 321 g/mol. The Morgan fingerprint density at radius 1 is 1.15 bits per heavy atom. The van der Waals surface area contributed by atoms with Gasteiger partial charge in [0.25, 0.3) is 5.91 Å². The minimum absolute atomic E-state index is 0.0228. The fourth-order valence-electron chi connectivity index (χ4n) is 1.62. The molecule has 0 bridgehead atoms. The standard InChI is InChI=1S/C13H10Cl3N3O/c14-9-3-1-2-8(6-9)4-5-17-13(20)10-7-11(15)18-19-12(10)16/h1-3,6-7H,4-5H2,(H,17,20). The van der Waals surface area contributed by atoms with Gasteiger partial charge in [0.2, 0.25) is 0 Å². The quantitative estimate of drug-likeness (QED) is 0.934. The molecule has 104 valence electrons. The van der Waals surface area contributed by atoms with Crippen LogP contribution in [0.5, 0.6) is 0 Å². The molecule has 0 aliphatic heterocycles. The number of halogens is 3. The molecule has 20 heavy (non-hydrogen) atoms. The van der Waals surface area contributed by atoms with Gasteiger partial charge in [-0.05, 0) is 30.2 Å². The van der Waals surface area contributed by atoms with Crippen LogP contribution in [-0.4, -0.2) is 22.6 Å². The van der Waals surface area contributed by atoms with Crippen molar-refractivity contribution in [3.05, 3.63) is 56.8 Å². The largest absolute Gasteiger partial charge is 0.352 e. The number of aromatic nitrogens is 2. The van der Waals surface area contributed by atoms with Crippen molar-refractivity contribution < 1.29 is 4.79 Å². The van der Waals surface area contributed by atoms with Crippen molar-refractivity contribution in [1.82, 2.24) is 15.5 Å². The summed E-state index contributed by atoms with van der Waals surface area (Å²) >= 11 is 17.4. The molecule has 1 N–H and O–H groups in total. The molecule has 0 fully saturated rings. The summed E-state index contributed by atoms with van der Waals surface area (Å²) in [5.41, 5.74) is 1.24. The lowest BCUT2D eigenvalue weighted by molar-refractivity contribution is 0.0953. The third-order valence-electron chi connectivity index (χ3n) is 2.55. The summed E-state index contributed by atoms with van der Waals surface area (Å²) in [6.45, 7) is 0.454. The smallest absolute Gasteiger partial charge is 0.254 e. The van der Waals surface area contributed by atoms with Crippen LogP contribution in [0.1, 0.15) is 15.9 Å². The van der Waals surface area contributed by atoms with Crippen LogP contribution in [0.2, 0.25) is 15.3 Å². The fraction of sp³-hybridized carbons (Fsp3) is 0.154. The molecule has 4 nitrogen and oxygen atoms in total. The first-order valence-corrected chi connectivity index (χ1v) is 6.91. The van der Waals surface area contributed by atoms with Gasteiger partial charge < -0.3 is 5.32 Å². The third-order valence-corrected chi connectivity index (χ3v) is 3.25. The normalized spacial score (nSPS) is 10.3. The van der Waals surface area contributed by atoms with Crippen LogP contribution >= 0.6 is 34.8 Å². The number of carbonyl (C=O) groups excluding carboxylic acids is 1. The van der Waals surface area contributed by atoms with Crippen LogP contribution < -0.4 is 5.32 Å². The van der Waals surface area contributed by atoms with Crippen molar-refractivity contribution in [2.45, 2.75) is 6.42 Å². The average Bonchev–Trinajstić information content (AvgIpc) is 2.41. The lowest BCUT2D eigenvalue weighted by Crippen LogP contribution is -2.26. The number of benzene rings is 1. The lowest BCUT2D eigenvalue weighted by atomic mass is 10.1. The van der Waals surface area contributed by atoms with E-state index in [1.165, 1.54) is 6.07 Å². The minimum Gasteiger partial charge on any atom is -0.352 e. The number of amides is 1. The highest BCUT2D eigenvalue weighted by Crippen LogP contribution is 2.15. The Bertz CT molecular complexity index is 634. The van der Waals surface area contributed by atoms with E-state index in [-0.39, 0.29) is 21.8 Å². The van der Waals surface area contributed by atoms with Gasteiger partial charge in [-0.1, -0.05) is 46.9 Å². The van der Waals surface area contributed by atoms with E-state index in [1.807, 2.05) is 18.2 Å². The van der Waals surface area contributed by atoms with E-state index < -0.39 is 0 Å². The van der Waals surface area contributed by atoms with Crippen molar-refractivity contribution in [2.75, 3.05) is 6.54 Å². The maximum Gasteiger partial charge on any atom is 0.254 e. The number of rotatable bonds is 4. The Kier molecular flexibility index (Phi) is 5.17. The molecule has 0 aliphatic rings. The summed E-state index contributed by atoms with van der Waals surface area (Å²) < 4.78 is 0. The average molecular weight is 331 g/mol. The lowest BCUT2D eigenvalue weighted by Gasteiger charge is -2.06. The van der Waals surface area contributed by atoms with Gasteiger partial charge in [-0.15, -0.1) is 10.2 Å². The van der Waals surface area contributed by atoms with Crippen molar-refractivity contribution >= 4 is 40.7 Å². The summed E-state index contributed by atoms with van der Waals surface area (Å²) in [4.78, 5) is 11.9. The Morgan fingerprint density at radius 2 is 1.95 bits per heavy atom. The second-order valence-corrected chi connectivity index (χ2v) is 5.19. The molecule has 1 amide bonds. The van der Waals surface area contributed by atoms with Crippen molar-refractivity contribution in [1.29, 1.82) is 0 Å². The van der Waals surface area contributed by atoms with Crippen molar-refractivity contribution in [3.8, 4) is 0 Å². The Morgan fingerprint density at radius 3 is 2.70 bits per heavy atom. The Labute approximate surface area is 131 Å². The summed E-state index contributed by atoms with van der Waals surface area (Å²) in [7, 11) is 0. The topological polar surface area (TPSA) is 54.9 Å². The van der Waals surface area contributed by atoms with Gasteiger partial charge in [-0.25, -0.2) is 0 Å². The van der Waals surface area contributed by atoms with E-state index in [1.54, 1.807) is 6.07 Å². The molecule has 0 spiro atoms. The van der Waals surface area contributed by atoms with Gasteiger partial charge in [-0.2, -0.15) is 0 Å². The highest BCUT2D eigenvalue weighted by Gasteiger charge is 2.12. The Hall–Kier alpha value is -1.36. The monoisotopic (exact) mass is 329 g/mol. The number of nitrogens with zero attached hydrogens (tertiary/aromatic N) is 2. The van der Waals surface area contributed by atoms with E-state index in [2.05, 4.69) is 15.5 Å². The van der Waals surface area contributed by atoms with Gasteiger partial charge in [0.05, 0.1) is 5.56 Å². The summed E-state index contributed by atoms with van der Waals surface area (Å²) in [5.74, 6) is -0.339. The van der Waals surface area contributed by atoms with Crippen LogP contribution in [0.3, 0.4) is 0 Å². The van der Waals surface area contributed by atoms with Gasteiger partial charge in [-0.3, -0.25) is 4.79 Å². The maximum absolute atomic E-state index is 11.9. The van der Waals surface area contributed by atoms with Crippen LogP contribution in [0.4, 0.5) is 0 Å². The zero-order valence-electron chi connectivity index (χ0n) is 10.2. The molecule has 1 aromatic heterocycles. The molecule has 1 aromatic carbocycles. The van der Waals surface area contributed by atoms with E-state index in [0.29, 0.717) is 18.0 Å². The molecule has 7 heteroatoms. The number of hydrogen-bond donors (Lipinski definition) is 1. The molecule has 0 radical (unpaired) electrons. The van der Waals surface area contributed by atoms with E-state index in [0.717, 1.165) is 5.56 Å². The molecule has 2 rings (SSSR count). The molecule has 0 saturated carbocycles. The first-order chi connectivity index (χ1) is 9.56. The number of hydrogen-bond acceptors (Lipinski definition) is 3. The van der Waals surface area contributed by atoms with Crippen LogP contribution in [-0.2, 0) is 6.42 Å². The second kappa shape index (κ2) is 6.88. The summed E-state index contributed by atoms with van der Waals surface area (Å²) in [6, 6.07) is 8.84. The van der Waals surface area contributed by atoms with Crippen LogP contribution in [0, 0.1) is 0 Å². The van der Waals surface area contributed by atoms with Gasteiger partial charge >= 0.3 is 0 Å². The SMILES string of the molecule is O=C(NCCc1cccc(Cl)c1)c1cc(Cl)nnc1Cl. The number of nitrogens with one attached hydrogen (secondary N) is 1. The number of carbonyl (C=O) groups is 1. The zero-order chi connectivity index (χ0) is 14.5. The van der Waals surface area contributed by atoms with E-state index in [4.69, 9.17) is 34.8 Å². The molecule has 0 unspecified atom stereocenters. The van der Waals surface area contributed by atoms with Gasteiger partial charge in [0.15, 0.2) is 10.3 Å². The van der Waals surface area contributed by atoms with Gasteiger partial charge in [0, 0.05) is 11.6 Å². The maximum atomic E-state index is 11.9. The predicted octanol–water partition coefficient (Wildman–Crippen LogP) is 3.41. The third kappa shape index (κ3) is 4.07. The first kappa shape index (κ1) is 15.0. The fourth-order valence-corrected chi connectivity index (χ4v) is 2.16. The summed E-state index contributed by atoms with van der Waals surface area (Å²) in [5, 5.41) is 10.7. The zero-order valence-corrected chi connectivity index (χ0v) is 12.5. The molecule has 0 saturated heterocycles. The van der Waals surface area contributed by atoms with Crippen LogP contribution in [0.25, 0.3) is 0 Å². The minimum atomic E-state index is -0.339. The highest BCUT2D eigenvalue weighted by molar-refractivity contribution is 6.34. The van der Waals surface area contributed by atoms with Crippen molar-refractivity contribution in [3.63, 3.8) is 0 Å². The molecule has 0 aliphatic carbocycles. The second-order valence-electron chi connectivity index (χ2n) is 4.01. The Balaban J connectivity index is 1.94. The predicted molar refractivity (Wildman–Crippen MR) is 79.5 cm³/mol. The van der Waals surface area contributed by atoms with Gasteiger partial charge in [0.1, 0.15) is 0 Å². The molecule has 1 heterocycles. The molecule has 2 aromatic rings. The summed E-state index contributed by atoms with van der Waals surface area (Å²) in [6.07, 6.45) is 0.663. The van der Waals surface area contributed by atoms with Crippen molar-refractivity contribution in [2.24, 2.45) is 0 Å².